The van der Waals surface area contributed by atoms with Crippen molar-refractivity contribution in [1.82, 2.24) is 10.3 Å². The molecule has 0 aliphatic heterocycles. The molecule has 11 nitrogen and oxygen atoms in total. The number of aliphatic carboxylic acids is 4. The van der Waals surface area contributed by atoms with Crippen molar-refractivity contribution in [2.75, 3.05) is 20.2 Å². The molecule has 0 atom stereocenters. The van der Waals surface area contributed by atoms with Crippen LogP contribution in [-0.2, 0) is 19.2 Å². The number of nitrogens with one attached hydrogen (secondary N) is 1. The van der Waals surface area contributed by atoms with Gasteiger partial charge in [0.15, 0.2) is 0 Å². The number of rotatable bonds is 10. The number of aromatic nitrogens is 1. The first-order valence-corrected chi connectivity index (χ1v) is 8.79. The van der Waals surface area contributed by atoms with Gasteiger partial charge in [-0.05, 0) is 38.6 Å². The summed E-state index contributed by atoms with van der Waals surface area (Å²) in [6.07, 6.45) is 11.0. The van der Waals surface area contributed by atoms with Crippen molar-refractivity contribution in [3.05, 3.63) is 54.4 Å². The monoisotopic (exact) mass is 438 g/mol. The molecule has 11 heteroatoms. The van der Waals surface area contributed by atoms with Crippen molar-refractivity contribution in [3.8, 4) is 5.75 Å². The van der Waals surface area contributed by atoms with Gasteiger partial charge in [-0.2, -0.15) is 0 Å². The zero-order valence-corrected chi connectivity index (χ0v) is 17.1. The topological polar surface area (TPSA) is 183 Å². The summed E-state index contributed by atoms with van der Waals surface area (Å²) in [5.74, 6) is -4.20. The summed E-state index contributed by atoms with van der Waals surface area (Å²) in [4.78, 5) is 42.3. The molecule has 0 fully saturated rings. The van der Waals surface area contributed by atoms with Gasteiger partial charge in [-0.3, -0.25) is 4.98 Å². The fraction of sp³-hybridized carbons (Fsp3) is 0.250. The van der Waals surface area contributed by atoms with Gasteiger partial charge in [0.25, 0.3) is 0 Å². The van der Waals surface area contributed by atoms with E-state index in [-0.39, 0.29) is 0 Å². The minimum Gasteiger partial charge on any atom is -0.492 e. The molecular weight excluding hydrogens is 412 g/mol. The first kappa shape index (κ1) is 29.2. The molecule has 31 heavy (non-hydrogen) atoms. The molecule has 0 spiro atoms. The van der Waals surface area contributed by atoms with Gasteiger partial charge in [0.1, 0.15) is 5.75 Å². The van der Waals surface area contributed by atoms with Crippen LogP contribution in [0.25, 0.3) is 6.08 Å². The molecule has 0 unspecified atom stereocenters. The lowest BCUT2D eigenvalue weighted by molar-refractivity contribution is -0.134. The molecule has 0 bridgehead atoms. The van der Waals surface area contributed by atoms with Crippen LogP contribution < -0.4 is 10.1 Å². The van der Waals surface area contributed by atoms with Gasteiger partial charge in [-0.1, -0.05) is 12.2 Å². The van der Waals surface area contributed by atoms with Gasteiger partial charge in [0.2, 0.25) is 0 Å². The Labute approximate surface area is 179 Å². The van der Waals surface area contributed by atoms with Crippen molar-refractivity contribution >= 4 is 30.0 Å². The van der Waals surface area contributed by atoms with Crippen LogP contribution in [0.1, 0.15) is 18.9 Å². The Bertz CT molecular complexity index is 721. The second kappa shape index (κ2) is 19.3. The quantitative estimate of drug-likeness (QED) is 0.264. The smallest absolute Gasteiger partial charge is 0.328 e. The lowest BCUT2D eigenvalue weighted by atomic mass is 10.2. The Morgan fingerprint density at radius 1 is 0.935 bits per heavy atom. The zero-order valence-electron chi connectivity index (χ0n) is 17.1. The molecule has 5 N–H and O–H groups in total. The van der Waals surface area contributed by atoms with Gasteiger partial charge in [0.05, 0.1) is 12.8 Å². The van der Waals surface area contributed by atoms with E-state index in [2.05, 4.69) is 22.5 Å². The van der Waals surface area contributed by atoms with Crippen LogP contribution in [0.2, 0.25) is 0 Å². The van der Waals surface area contributed by atoms with Crippen molar-refractivity contribution < 1.29 is 44.3 Å². The number of hydrogen-bond donors (Lipinski definition) is 5. The van der Waals surface area contributed by atoms with E-state index in [0.29, 0.717) is 30.9 Å². The predicted octanol–water partition coefficient (Wildman–Crippen LogP) is 1.53. The number of nitrogens with zero attached hydrogens (tertiary/aromatic N) is 1. The lowest BCUT2D eigenvalue weighted by Gasteiger charge is -2.02. The number of carbonyl (C=O) groups is 4. The van der Waals surface area contributed by atoms with Gasteiger partial charge in [0, 0.05) is 30.5 Å². The molecule has 1 aromatic rings. The van der Waals surface area contributed by atoms with Crippen molar-refractivity contribution in [3.63, 3.8) is 0 Å². The highest BCUT2D eigenvalue weighted by atomic mass is 16.5. The van der Waals surface area contributed by atoms with E-state index < -0.39 is 23.9 Å². The van der Waals surface area contributed by atoms with Crippen LogP contribution in [0.15, 0.2) is 48.8 Å². The van der Waals surface area contributed by atoms with Gasteiger partial charge in [-0.15, -0.1) is 0 Å². The predicted molar refractivity (Wildman–Crippen MR) is 112 cm³/mol. The maximum Gasteiger partial charge on any atom is 0.328 e. The summed E-state index contributed by atoms with van der Waals surface area (Å²) in [5.41, 5.74) is 1.08. The third-order valence-corrected chi connectivity index (χ3v) is 2.65. The van der Waals surface area contributed by atoms with Crippen LogP contribution in [0.4, 0.5) is 0 Å². The summed E-state index contributed by atoms with van der Waals surface area (Å²) in [7, 11) is 1.95. The normalized spacial score (nSPS) is 10.1. The molecular formula is C20H26N2O9. The van der Waals surface area contributed by atoms with Gasteiger partial charge < -0.3 is 30.5 Å². The SMILES string of the molecule is CCOc1cncc(/C=C/CCNC)c1.O=C(O)/C=C/C(=O)O.O=C(O)/C=C/C(=O)O. The molecule has 1 aromatic heterocycles. The van der Waals surface area contributed by atoms with Crippen LogP contribution in [0, 0.1) is 0 Å². The standard InChI is InChI=1S/C12H18N2O.2C4H4O4/c1-3-15-12-8-11(9-14-10-12)6-4-5-7-13-2;2*5-3(6)1-2-4(7)8/h4,6,8-10,13H,3,5,7H2,1-2H3;2*1-2H,(H,5,6)(H,7,8)/b6-4+;2*2-1+. The second-order valence-electron chi connectivity index (χ2n) is 5.20. The first-order chi connectivity index (χ1) is 14.6. The Hall–Kier alpha value is -3.99. The van der Waals surface area contributed by atoms with E-state index in [1.165, 1.54) is 0 Å². The molecule has 0 aliphatic carbocycles. The fourth-order valence-electron chi connectivity index (χ4n) is 1.50. The number of carboxylic acids is 4. The van der Waals surface area contributed by atoms with E-state index in [1.54, 1.807) is 6.20 Å². The molecule has 1 rings (SSSR count). The molecule has 0 aromatic carbocycles. The van der Waals surface area contributed by atoms with Crippen LogP contribution in [-0.4, -0.2) is 69.5 Å². The zero-order chi connectivity index (χ0) is 24.1. The Kier molecular flexibility index (Phi) is 18.2. The summed E-state index contributed by atoms with van der Waals surface area (Å²) < 4.78 is 5.37. The minimum atomic E-state index is -1.26. The summed E-state index contributed by atoms with van der Waals surface area (Å²) in [6, 6.07) is 1.99. The highest BCUT2D eigenvalue weighted by molar-refractivity contribution is 5.90. The molecule has 0 saturated carbocycles. The third kappa shape index (κ3) is 24.0. The largest absolute Gasteiger partial charge is 0.492 e. The lowest BCUT2D eigenvalue weighted by Crippen LogP contribution is -2.05. The van der Waals surface area contributed by atoms with Crippen molar-refractivity contribution in [2.24, 2.45) is 0 Å². The molecule has 0 amide bonds. The number of carboxylic acid groups (broad SMARTS) is 4. The van der Waals surface area contributed by atoms with E-state index in [0.717, 1.165) is 24.3 Å². The Morgan fingerprint density at radius 3 is 1.81 bits per heavy atom. The minimum absolute atomic E-state index is 0.558. The van der Waals surface area contributed by atoms with Crippen molar-refractivity contribution in [2.45, 2.75) is 13.3 Å². The summed E-state index contributed by atoms with van der Waals surface area (Å²) in [5, 5.41) is 34.3. The highest BCUT2D eigenvalue weighted by Crippen LogP contribution is 2.12. The number of hydrogen-bond acceptors (Lipinski definition) is 7. The second-order valence-corrected chi connectivity index (χ2v) is 5.20. The molecule has 1 heterocycles. The van der Waals surface area contributed by atoms with Crippen LogP contribution in [0.5, 0.6) is 5.75 Å². The first-order valence-electron chi connectivity index (χ1n) is 8.79. The third-order valence-electron chi connectivity index (χ3n) is 2.65. The summed E-state index contributed by atoms with van der Waals surface area (Å²) >= 11 is 0. The Balaban J connectivity index is 0. The van der Waals surface area contributed by atoms with Gasteiger partial charge in [-0.25, -0.2) is 19.2 Å². The van der Waals surface area contributed by atoms with E-state index in [9.17, 15) is 19.2 Å². The molecule has 0 saturated heterocycles. The Morgan fingerprint density at radius 2 is 1.42 bits per heavy atom. The fourth-order valence-corrected chi connectivity index (χ4v) is 1.50. The molecule has 170 valence electrons. The molecule has 0 aliphatic rings. The van der Waals surface area contributed by atoms with E-state index in [1.807, 2.05) is 26.2 Å². The van der Waals surface area contributed by atoms with Gasteiger partial charge >= 0.3 is 23.9 Å². The highest BCUT2D eigenvalue weighted by Gasteiger charge is 1.93. The van der Waals surface area contributed by atoms with E-state index >= 15 is 0 Å². The van der Waals surface area contributed by atoms with E-state index in [4.69, 9.17) is 25.2 Å². The number of pyridine rings is 1. The van der Waals surface area contributed by atoms with Crippen LogP contribution in [0.3, 0.4) is 0 Å². The average molecular weight is 438 g/mol. The van der Waals surface area contributed by atoms with Crippen molar-refractivity contribution in [1.29, 1.82) is 0 Å². The average Bonchev–Trinajstić information content (AvgIpc) is 2.70. The summed E-state index contributed by atoms with van der Waals surface area (Å²) in [6.45, 7) is 3.64. The number of ether oxygens (including phenoxy) is 1. The maximum absolute atomic E-state index is 9.55. The maximum atomic E-state index is 9.55. The molecule has 0 radical (unpaired) electrons. The van der Waals surface area contributed by atoms with Crippen LogP contribution >= 0.6 is 0 Å².